The van der Waals surface area contributed by atoms with Crippen molar-refractivity contribution in [1.29, 1.82) is 0 Å². The van der Waals surface area contributed by atoms with Crippen LogP contribution >= 0.6 is 0 Å². The highest BCUT2D eigenvalue weighted by Crippen LogP contribution is 2.20. The number of rotatable bonds is 5. The van der Waals surface area contributed by atoms with Gasteiger partial charge in [0.15, 0.2) is 5.69 Å². The SMILES string of the molecule is CC(C)c1ccc(C(C)NC(=O)c2cn(C3CCNCC3)nn2)cc1. The van der Waals surface area contributed by atoms with Crippen LogP contribution in [0, 0.1) is 0 Å². The van der Waals surface area contributed by atoms with Crippen LogP contribution in [0.5, 0.6) is 0 Å². The summed E-state index contributed by atoms with van der Waals surface area (Å²) >= 11 is 0. The van der Waals surface area contributed by atoms with Crippen molar-refractivity contribution in [2.45, 2.75) is 51.6 Å². The van der Waals surface area contributed by atoms with E-state index in [0.717, 1.165) is 31.5 Å². The van der Waals surface area contributed by atoms with Gasteiger partial charge in [-0.15, -0.1) is 5.10 Å². The van der Waals surface area contributed by atoms with Crippen LogP contribution in [0.1, 0.15) is 73.2 Å². The molecule has 0 saturated carbocycles. The third-order valence-corrected chi connectivity index (χ3v) is 4.88. The third kappa shape index (κ3) is 4.25. The van der Waals surface area contributed by atoms with Crippen LogP contribution in [-0.4, -0.2) is 34.0 Å². The summed E-state index contributed by atoms with van der Waals surface area (Å²) in [6.07, 6.45) is 3.80. The van der Waals surface area contributed by atoms with Gasteiger partial charge in [0.25, 0.3) is 5.91 Å². The molecule has 6 nitrogen and oxygen atoms in total. The van der Waals surface area contributed by atoms with Gasteiger partial charge in [0.05, 0.1) is 18.3 Å². The summed E-state index contributed by atoms with van der Waals surface area (Å²) in [5.41, 5.74) is 2.76. The summed E-state index contributed by atoms with van der Waals surface area (Å²) in [7, 11) is 0. The van der Waals surface area contributed by atoms with Crippen LogP contribution in [-0.2, 0) is 0 Å². The molecule has 0 spiro atoms. The zero-order valence-corrected chi connectivity index (χ0v) is 15.2. The van der Waals surface area contributed by atoms with Crippen LogP contribution in [0.4, 0.5) is 0 Å². The molecule has 1 aliphatic heterocycles. The maximum Gasteiger partial charge on any atom is 0.273 e. The van der Waals surface area contributed by atoms with Gasteiger partial charge in [-0.2, -0.15) is 0 Å². The lowest BCUT2D eigenvalue weighted by Gasteiger charge is -2.22. The Kier molecular flexibility index (Phi) is 5.48. The maximum atomic E-state index is 12.5. The summed E-state index contributed by atoms with van der Waals surface area (Å²) in [4.78, 5) is 12.5. The molecular weight excluding hydrogens is 314 g/mol. The van der Waals surface area contributed by atoms with E-state index in [1.807, 2.05) is 11.6 Å². The molecule has 134 valence electrons. The van der Waals surface area contributed by atoms with Gasteiger partial charge in [0.1, 0.15) is 0 Å². The zero-order chi connectivity index (χ0) is 17.8. The summed E-state index contributed by atoms with van der Waals surface area (Å²) in [5, 5.41) is 14.5. The standard InChI is InChI=1S/C19H27N5O/c1-13(2)15-4-6-16(7-5-15)14(3)21-19(25)18-12-24(23-22-18)17-8-10-20-11-9-17/h4-7,12-14,17,20H,8-11H2,1-3H3,(H,21,25). The van der Waals surface area contributed by atoms with Crippen molar-refractivity contribution in [3.63, 3.8) is 0 Å². The predicted molar refractivity (Wildman–Crippen MR) is 97.6 cm³/mol. The van der Waals surface area contributed by atoms with Crippen molar-refractivity contribution in [2.75, 3.05) is 13.1 Å². The fourth-order valence-electron chi connectivity index (χ4n) is 3.15. The Balaban J connectivity index is 1.62. The topological polar surface area (TPSA) is 71.8 Å². The van der Waals surface area contributed by atoms with Gasteiger partial charge >= 0.3 is 0 Å². The van der Waals surface area contributed by atoms with Crippen molar-refractivity contribution in [3.05, 3.63) is 47.3 Å². The first-order chi connectivity index (χ1) is 12.0. The Morgan fingerprint density at radius 2 is 1.80 bits per heavy atom. The zero-order valence-electron chi connectivity index (χ0n) is 15.2. The van der Waals surface area contributed by atoms with E-state index in [1.165, 1.54) is 5.56 Å². The second-order valence-electron chi connectivity index (χ2n) is 7.08. The molecule has 0 aliphatic carbocycles. The molecule has 1 aromatic heterocycles. The molecule has 0 bridgehead atoms. The fourth-order valence-corrected chi connectivity index (χ4v) is 3.15. The third-order valence-electron chi connectivity index (χ3n) is 4.88. The summed E-state index contributed by atoms with van der Waals surface area (Å²) in [5.74, 6) is 0.324. The molecule has 6 heteroatoms. The first-order valence-corrected chi connectivity index (χ1v) is 9.08. The second kappa shape index (κ2) is 7.78. The van der Waals surface area contributed by atoms with Gasteiger partial charge in [-0.3, -0.25) is 4.79 Å². The second-order valence-corrected chi connectivity index (χ2v) is 7.08. The molecule has 1 saturated heterocycles. The monoisotopic (exact) mass is 341 g/mol. The molecule has 1 amide bonds. The van der Waals surface area contributed by atoms with Crippen LogP contribution in [0.15, 0.2) is 30.5 Å². The van der Waals surface area contributed by atoms with E-state index in [9.17, 15) is 4.79 Å². The Bertz CT molecular complexity index is 701. The normalized spacial score (nSPS) is 16.8. The summed E-state index contributed by atoms with van der Waals surface area (Å²) in [6.45, 7) is 8.29. The minimum absolute atomic E-state index is 0.0715. The number of hydrogen-bond donors (Lipinski definition) is 2. The molecule has 25 heavy (non-hydrogen) atoms. The number of carbonyl (C=O) groups is 1. The van der Waals surface area contributed by atoms with Gasteiger partial charge < -0.3 is 10.6 Å². The summed E-state index contributed by atoms with van der Waals surface area (Å²) in [6, 6.07) is 8.65. The van der Waals surface area contributed by atoms with E-state index in [4.69, 9.17) is 0 Å². The molecule has 0 radical (unpaired) electrons. The Morgan fingerprint density at radius 1 is 1.16 bits per heavy atom. The quantitative estimate of drug-likeness (QED) is 0.877. The molecule has 3 rings (SSSR count). The van der Waals surface area contributed by atoms with Crippen LogP contribution in [0.2, 0.25) is 0 Å². The van der Waals surface area contributed by atoms with Crippen LogP contribution in [0.25, 0.3) is 0 Å². The van der Waals surface area contributed by atoms with E-state index in [0.29, 0.717) is 17.7 Å². The average molecular weight is 341 g/mol. The van der Waals surface area contributed by atoms with Crippen molar-refractivity contribution < 1.29 is 4.79 Å². The highest BCUT2D eigenvalue weighted by Gasteiger charge is 2.19. The molecule has 1 fully saturated rings. The van der Waals surface area contributed by atoms with Crippen molar-refractivity contribution in [3.8, 4) is 0 Å². The highest BCUT2D eigenvalue weighted by molar-refractivity contribution is 5.92. The summed E-state index contributed by atoms with van der Waals surface area (Å²) < 4.78 is 1.83. The van der Waals surface area contributed by atoms with E-state index >= 15 is 0 Å². The number of amides is 1. The van der Waals surface area contributed by atoms with E-state index < -0.39 is 0 Å². The van der Waals surface area contributed by atoms with Crippen molar-refractivity contribution >= 4 is 5.91 Å². The number of nitrogens with one attached hydrogen (secondary N) is 2. The average Bonchev–Trinajstić information content (AvgIpc) is 3.13. The van der Waals surface area contributed by atoms with Gasteiger partial charge in [0, 0.05) is 0 Å². The molecule has 2 N–H and O–H groups in total. The van der Waals surface area contributed by atoms with Crippen molar-refractivity contribution in [2.24, 2.45) is 0 Å². The van der Waals surface area contributed by atoms with E-state index in [-0.39, 0.29) is 11.9 Å². The Hall–Kier alpha value is -2.21. The van der Waals surface area contributed by atoms with Gasteiger partial charge in [-0.25, -0.2) is 4.68 Å². The Labute approximate surface area is 149 Å². The molecule has 1 atom stereocenters. The lowest BCUT2D eigenvalue weighted by atomic mass is 9.99. The van der Waals surface area contributed by atoms with Crippen LogP contribution < -0.4 is 10.6 Å². The number of hydrogen-bond acceptors (Lipinski definition) is 4. The van der Waals surface area contributed by atoms with Crippen LogP contribution in [0.3, 0.4) is 0 Å². The predicted octanol–water partition coefficient (Wildman–Crippen LogP) is 2.82. The minimum Gasteiger partial charge on any atom is -0.344 e. The van der Waals surface area contributed by atoms with Gasteiger partial charge in [0.2, 0.25) is 0 Å². The number of benzene rings is 1. The molecule has 1 aromatic carbocycles. The fraction of sp³-hybridized carbons (Fsp3) is 0.526. The lowest BCUT2D eigenvalue weighted by Crippen LogP contribution is -2.29. The van der Waals surface area contributed by atoms with Crippen molar-refractivity contribution in [1.82, 2.24) is 25.6 Å². The largest absolute Gasteiger partial charge is 0.344 e. The van der Waals surface area contributed by atoms with Gasteiger partial charge in [-0.1, -0.05) is 43.3 Å². The number of piperidine rings is 1. The molecular formula is C19H27N5O. The Morgan fingerprint density at radius 3 is 2.44 bits per heavy atom. The maximum absolute atomic E-state index is 12.5. The van der Waals surface area contributed by atoms with Gasteiger partial charge in [-0.05, 0) is 49.9 Å². The lowest BCUT2D eigenvalue weighted by molar-refractivity contribution is 0.0934. The number of carbonyl (C=O) groups excluding carboxylic acids is 1. The molecule has 2 aromatic rings. The molecule has 2 heterocycles. The number of aromatic nitrogens is 3. The molecule has 1 aliphatic rings. The molecule has 1 unspecified atom stereocenters. The minimum atomic E-state index is -0.180. The first-order valence-electron chi connectivity index (χ1n) is 9.08. The number of nitrogens with zero attached hydrogens (tertiary/aromatic N) is 3. The first kappa shape index (κ1) is 17.6. The highest BCUT2D eigenvalue weighted by atomic mass is 16.2. The van der Waals surface area contributed by atoms with E-state index in [2.05, 4.69) is 59.1 Å². The van der Waals surface area contributed by atoms with E-state index in [1.54, 1.807) is 6.20 Å². The smallest absolute Gasteiger partial charge is 0.273 e.